The molecule has 5 heteroatoms. The third-order valence-electron chi connectivity index (χ3n) is 2.92. The van der Waals surface area contributed by atoms with Crippen molar-refractivity contribution in [2.24, 2.45) is 0 Å². The SMILES string of the molecule is O=C(c1ccc(CCl)c(F)c1)c1ccc(CCl)c(F)c1. The van der Waals surface area contributed by atoms with Gasteiger partial charge in [0.05, 0.1) is 11.8 Å². The van der Waals surface area contributed by atoms with Gasteiger partial charge in [0.1, 0.15) is 11.6 Å². The Morgan fingerprint density at radius 3 is 1.55 bits per heavy atom. The molecule has 0 saturated carbocycles. The minimum absolute atomic E-state index is 0.0271. The molecule has 1 nitrogen and oxygen atoms in total. The zero-order valence-corrected chi connectivity index (χ0v) is 11.8. The third kappa shape index (κ3) is 3.00. The molecule has 0 aromatic heterocycles. The van der Waals surface area contributed by atoms with Gasteiger partial charge in [0, 0.05) is 22.3 Å². The van der Waals surface area contributed by atoms with Crippen LogP contribution in [0.25, 0.3) is 0 Å². The predicted molar refractivity (Wildman–Crippen MR) is 75.3 cm³/mol. The van der Waals surface area contributed by atoms with Crippen LogP contribution in [0, 0.1) is 11.6 Å². The topological polar surface area (TPSA) is 17.1 Å². The van der Waals surface area contributed by atoms with Crippen LogP contribution in [0.1, 0.15) is 27.0 Å². The summed E-state index contributed by atoms with van der Waals surface area (Å²) in [6.45, 7) is 0. The molecular weight excluding hydrogens is 305 g/mol. The summed E-state index contributed by atoms with van der Waals surface area (Å²) in [5.41, 5.74) is 0.919. The van der Waals surface area contributed by atoms with Gasteiger partial charge in [-0.15, -0.1) is 23.2 Å². The average Bonchev–Trinajstić information content (AvgIpc) is 2.46. The summed E-state index contributed by atoms with van der Waals surface area (Å²) in [4.78, 5) is 12.2. The van der Waals surface area contributed by atoms with Crippen molar-refractivity contribution in [3.63, 3.8) is 0 Å². The highest BCUT2D eigenvalue weighted by molar-refractivity contribution is 6.17. The molecule has 0 aliphatic rings. The van der Waals surface area contributed by atoms with Gasteiger partial charge in [-0.25, -0.2) is 8.78 Å². The zero-order chi connectivity index (χ0) is 14.7. The van der Waals surface area contributed by atoms with Gasteiger partial charge in [-0.05, 0) is 12.1 Å². The molecule has 0 heterocycles. The molecule has 20 heavy (non-hydrogen) atoms. The van der Waals surface area contributed by atoms with Gasteiger partial charge in [-0.3, -0.25) is 4.79 Å². The van der Waals surface area contributed by atoms with Crippen LogP contribution in [0.15, 0.2) is 36.4 Å². The Hall–Kier alpha value is -1.45. The van der Waals surface area contributed by atoms with Gasteiger partial charge in [-0.2, -0.15) is 0 Å². The van der Waals surface area contributed by atoms with Crippen LogP contribution in [-0.4, -0.2) is 5.78 Å². The Morgan fingerprint density at radius 2 is 1.25 bits per heavy atom. The van der Waals surface area contributed by atoms with Crippen LogP contribution >= 0.6 is 23.2 Å². The number of benzene rings is 2. The first-order valence-corrected chi connectivity index (χ1v) is 6.87. The Balaban J connectivity index is 2.36. The molecule has 2 aromatic rings. The van der Waals surface area contributed by atoms with E-state index in [1.807, 2.05) is 0 Å². The average molecular weight is 315 g/mol. The van der Waals surface area contributed by atoms with Gasteiger partial charge in [0.25, 0.3) is 0 Å². The number of ketones is 1. The number of alkyl halides is 2. The maximum atomic E-state index is 13.6. The lowest BCUT2D eigenvalue weighted by Crippen LogP contribution is -2.04. The smallest absolute Gasteiger partial charge is 0.193 e. The summed E-state index contributed by atoms with van der Waals surface area (Å²) in [6, 6.07) is 8.03. The monoisotopic (exact) mass is 314 g/mol. The van der Waals surface area contributed by atoms with E-state index >= 15 is 0 Å². The lowest BCUT2D eigenvalue weighted by molar-refractivity contribution is 0.103. The second kappa shape index (κ2) is 6.33. The number of halogens is 4. The summed E-state index contributed by atoms with van der Waals surface area (Å²) in [5.74, 6) is -1.50. The summed E-state index contributed by atoms with van der Waals surface area (Å²) >= 11 is 11.1. The number of carbonyl (C=O) groups excluding carboxylic acids is 1. The van der Waals surface area contributed by atoms with E-state index in [4.69, 9.17) is 23.2 Å². The van der Waals surface area contributed by atoms with E-state index in [2.05, 4.69) is 0 Å². The van der Waals surface area contributed by atoms with Gasteiger partial charge in [0.15, 0.2) is 5.78 Å². The van der Waals surface area contributed by atoms with Crippen molar-refractivity contribution in [3.05, 3.63) is 70.3 Å². The second-order valence-electron chi connectivity index (χ2n) is 4.21. The maximum Gasteiger partial charge on any atom is 0.193 e. The summed E-state index contributed by atoms with van der Waals surface area (Å²) in [5, 5.41) is 0. The molecule has 0 N–H and O–H groups in total. The van der Waals surface area contributed by atoms with Gasteiger partial charge < -0.3 is 0 Å². The van der Waals surface area contributed by atoms with E-state index in [1.165, 1.54) is 24.3 Å². The first-order chi connectivity index (χ1) is 9.56. The van der Waals surface area contributed by atoms with E-state index in [0.717, 1.165) is 12.1 Å². The quantitative estimate of drug-likeness (QED) is 0.592. The molecule has 0 aliphatic heterocycles. The van der Waals surface area contributed by atoms with Gasteiger partial charge in [-0.1, -0.05) is 24.3 Å². The molecule has 0 spiro atoms. The third-order valence-corrected chi connectivity index (χ3v) is 3.49. The van der Waals surface area contributed by atoms with Crippen molar-refractivity contribution < 1.29 is 13.6 Å². The molecule has 0 unspecified atom stereocenters. The molecule has 104 valence electrons. The molecule has 0 aliphatic carbocycles. The minimum atomic E-state index is -0.552. The Bertz CT molecular complexity index is 601. The number of hydrogen-bond acceptors (Lipinski definition) is 1. The van der Waals surface area contributed by atoms with Crippen LogP contribution in [0.2, 0.25) is 0 Å². The fourth-order valence-electron chi connectivity index (χ4n) is 1.76. The molecule has 2 aromatic carbocycles. The summed E-state index contributed by atoms with van der Waals surface area (Å²) in [7, 11) is 0. The molecule has 0 amide bonds. The highest BCUT2D eigenvalue weighted by atomic mass is 35.5. The van der Waals surface area contributed by atoms with Crippen molar-refractivity contribution in [2.45, 2.75) is 11.8 Å². The van der Waals surface area contributed by atoms with Crippen LogP contribution in [-0.2, 0) is 11.8 Å². The van der Waals surface area contributed by atoms with E-state index in [-0.39, 0.29) is 22.9 Å². The Labute approximate surface area is 125 Å². The van der Waals surface area contributed by atoms with Gasteiger partial charge in [0.2, 0.25) is 0 Å². The predicted octanol–water partition coefficient (Wildman–Crippen LogP) is 4.67. The first-order valence-electron chi connectivity index (χ1n) is 5.80. The van der Waals surface area contributed by atoms with Crippen LogP contribution < -0.4 is 0 Å². The summed E-state index contributed by atoms with van der Waals surface area (Å²) < 4.78 is 27.2. The van der Waals surface area contributed by atoms with E-state index in [0.29, 0.717) is 11.1 Å². The largest absolute Gasteiger partial charge is 0.289 e. The molecule has 0 saturated heterocycles. The Kier molecular flexibility index (Phi) is 4.73. The molecular formula is C15H10Cl2F2O. The van der Waals surface area contributed by atoms with Gasteiger partial charge >= 0.3 is 0 Å². The number of hydrogen-bond donors (Lipinski definition) is 0. The van der Waals surface area contributed by atoms with Crippen molar-refractivity contribution in [2.75, 3.05) is 0 Å². The van der Waals surface area contributed by atoms with Crippen molar-refractivity contribution in [1.29, 1.82) is 0 Å². The van der Waals surface area contributed by atoms with E-state index in [9.17, 15) is 13.6 Å². The highest BCUT2D eigenvalue weighted by Gasteiger charge is 2.13. The molecule has 0 fully saturated rings. The summed E-state index contributed by atoms with van der Waals surface area (Å²) in [6.07, 6.45) is 0. The zero-order valence-electron chi connectivity index (χ0n) is 10.3. The minimum Gasteiger partial charge on any atom is -0.289 e. The lowest BCUT2D eigenvalue weighted by Gasteiger charge is -2.05. The van der Waals surface area contributed by atoms with E-state index in [1.54, 1.807) is 0 Å². The van der Waals surface area contributed by atoms with E-state index < -0.39 is 17.4 Å². The van der Waals surface area contributed by atoms with Crippen LogP contribution in [0.5, 0.6) is 0 Å². The maximum absolute atomic E-state index is 13.6. The number of rotatable bonds is 4. The Morgan fingerprint density at radius 1 is 0.850 bits per heavy atom. The van der Waals surface area contributed by atoms with Crippen molar-refractivity contribution >= 4 is 29.0 Å². The second-order valence-corrected chi connectivity index (χ2v) is 4.74. The highest BCUT2D eigenvalue weighted by Crippen LogP contribution is 2.18. The molecule has 0 radical (unpaired) electrons. The molecule has 0 atom stereocenters. The fraction of sp³-hybridized carbons (Fsp3) is 0.133. The van der Waals surface area contributed by atoms with Crippen LogP contribution in [0.3, 0.4) is 0 Å². The standard InChI is InChI=1S/C15H10Cl2F2O/c16-7-11-3-1-9(5-13(11)18)15(20)10-2-4-12(8-17)14(19)6-10/h1-6H,7-8H2. The number of carbonyl (C=O) groups is 1. The fourth-order valence-corrected chi connectivity index (χ4v) is 2.19. The normalized spacial score (nSPS) is 10.6. The lowest BCUT2D eigenvalue weighted by atomic mass is 10.0. The first kappa shape index (κ1) is 14.9. The molecule has 0 bridgehead atoms. The molecule has 2 rings (SSSR count). The van der Waals surface area contributed by atoms with Crippen molar-refractivity contribution in [3.8, 4) is 0 Å². The van der Waals surface area contributed by atoms with Crippen LogP contribution in [0.4, 0.5) is 8.78 Å². The van der Waals surface area contributed by atoms with Crippen molar-refractivity contribution in [1.82, 2.24) is 0 Å².